The SMILES string of the molecule is COc1ccc(CNC(=O)CCc2nc(N3CCCCC3)c3c(-c4ccc(F)cc4)noc3n2)cc1. The van der Waals surface area contributed by atoms with Crippen molar-refractivity contribution in [3.8, 4) is 17.0 Å². The van der Waals surface area contributed by atoms with Crippen LogP contribution < -0.4 is 15.0 Å². The van der Waals surface area contributed by atoms with Crippen molar-refractivity contribution in [3.05, 3.63) is 65.7 Å². The Bertz CT molecular complexity index is 1330. The molecule has 1 fully saturated rings. The Balaban J connectivity index is 1.34. The normalized spacial score (nSPS) is 13.7. The van der Waals surface area contributed by atoms with Gasteiger partial charge in [-0.05, 0) is 61.2 Å². The number of ether oxygens (including phenoxy) is 1. The van der Waals surface area contributed by atoms with E-state index < -0.39 is 0 Å². The monoisotopic (exact) mass is 489 g/mol. The van der Waals surface area contributed by atoms with Crippen LogP contribution in [-0.4, -0.2) is 41.2 Å². The highest BCUT2D eigenvalue weighted by atomic mass is 19.1. The number of amides is 1. The summed E-state index contributed by atoms with van der Waals surface area (Å²) >= 11 is 0. The fourth-order valence-corrected chi connectivity index (χ4v) is 4.39. The van der Waals surface area contributed by atoms with Gasteiger partial charge in [-0.3, -0.25) is 4.79 Å². The molecule has 1 aliphatic rings. The van der Waals surface area contributed by atoms with Crippen molar-refractivity contribution >= 4 is 22.8 Å². The van der Waals surface area contributed by atoms with Gasteiger partial charge in [0, 0.05) is 38.0 Å². The molecule has 1 aliphatic heterocycles. The van der Waals surface area contributed by atoms with Crippen molar-refractivity contribution in [1.82, 2.24) is 20.4 Å². The summed E-state index contributed by atoms with van der Waals surface area (Å²) in [5.74, 6) is 1.67. The summed E-state index contributed by atoms with van der Waals surface area (Å²) in [6.07, 6.45) is 3.95. The average molecular weight is 490 g/mol. The van der Waals surface area contributed by atoms with E-state index in [1.807, 2.05) is 24.3 Å². The van der Waals surface area contributed by atoms with Crippen molar-refractivity contribution in [2.45, 2.75) is 38.6 Å². The molecule has 0 unspecified atom stereocenters. The number of anilines is 1. The van der Waals surface area contributed by atoms with Crippen LogP contribution in [0.5, 0.6) is 5.75 Å². The number of nitrogens with zero attached hydrogens (tertiary/aromatic N) is 4. The second kappa shape index (κ2) is 10.7. The molecule has 4 aromatic rings. The van der Waals surface area contributed by atoms with Crippen molar-refractivity contribution in [2.75, 3.05) is 25.1 Å². The zero-order valence-electron chi connectivity index (χ0n) is 20.2. The minimum absolute atomic E-state index is 0.0846. The fourth-order valence-electron chi connectivity index (χ4n) is 4.39. The van der Waals surface area contributed by atoms with E-state index in [0.717, 1.165) is 54.0 Å². The van der Waals surface area contributed by atoms with Crippen LogP contribution in [0.1, 0.15) is 37.1 Å². The summed E-state index contributed by atoms with van der Waals surface area (Å²) < 4.78 is 24.3. The number of halogens is 1. The molecule has 0 spiro atoms. The minimum atomic E-state index is -0.313. The quantitative estimate of drug-likeness (QED) is 0.384. The summed E-state index contributed by atoms with van der Waals surface area (Å²) in [7, 11) is 1.62. The number of rotatable bonds is 8. The van der Waals surface area contributed by atoms with Crippen LogP contribution in [-0.2, 0) is 17.8 Å². The van der Waals surface area contributed by atoms with Gasteiger partial charge >= 0.3 is 0 Å². The van der Waals surface area contributed by atoms with E-state index >= 15 is 0 Å². The Kier molecular flexibility index (Phi) is 7.06. The maximum atomic E-state index is 13.5. The molecule has 186 valence electrons. The Hall–Kier alpha value is -4.01. The first-order valence-corrected chi connectivity index (χ1v) is 12.2. The van der Waals surface area contributed by atoms with Crippen LogP contribution in [0, 0.1) is 5.82 Å². The lowest BCUT2D eigenvalue weighted by atomic mass is 10.1. The number of methoxy groups -OCH3 is 1. The molecule has 2 aromatic carbocycles. The van der Waals surface area contributed by atoms with E-state index in [1.165, 1.54) is 18.6 Å². The Morgan fingerprint density at radius 3 is 2.53 bits per heavy atom. The predicted octanol–water partition coefficient (Wildman–Crippen LogP) is 4.67. The maximum absolute atomic E-state index is 13.5. The van der Waals surface area contributed by atoms with Crippen LogP contribution >= 0.6 is 0 Å². The van der Waals surface area contributed by atoms with E-state index in [9.17, 15) is 9.18 Å². The summed E-state index contributed by atoms with van der Waals surface area (Å²) in [4.78, 5) is 24.2. The number of aryl methyl sites for hydroxylation is 1. The number of aromatic nitrogens is 3. The fraction of sp³-hybridized carbons (Fsp3) is 0.333. The first-order valence-electron chi connectivity index (χ1n) is 12.2. The highest BCUT2D eigenvalue weighted by molar-refractivity contribution is 5.98. The smallest absolute Gasteiger partial charge is 0.263 e. The highest BCUT2D eigenvalue weighted by Gasteiger charge is 2.24. The predicted molar refractivity (Wildman–Crippen MR) is 134 cm³/mol. The molecule has 3 heterocycles. The molecule has 1 N–H and O–H groups in total. The topological polar surface area (TPSA) is 93.4 Å². The van der Waals surface area contributed by atoms with E-state index in [-0.39, 0.29) is 18.1 Å². The summed E-state index contributed by atoms with van der Waals surface area (Å²) in [6, 6.07) is 13.7. The number of hydrogen-bond donors (Lipinski definition) is 1. The first-order chi connectivity index (χ1) is 17.6. The molecule has 0 saturated carbocycles. The minimum Gasteiger partial charge on any atom is -0.497 e. The van der Waals surface area contributed by atoms with Gasteiger partial charge in [0.05, 0.1) is 7.11 Å². The molecule has 0 atom stereocenters. The molecule has 0 bridgehead atoms. The van der Waals surface area contributed by atoms with Gasteiger partial charge in [-0.25, -0.2) is 9.37 Å². The number of piperidine rings is 1. The standard InChI is InChI=1S/C27H28FN5O3/c1-35-21-11-5-18(6-12-21)17-29-23(34)14-13-22-30-26(33-15-3-2-4-16-33)24-25(32-36-27(24)31-22)19-7-9-20(28)10-8-19/h5-12H,2-4,13-17H2,1H3,(H,29,34). The molecule has 36 heavy (non-hydrogen) atoms. The Morgan fingerprint density at radius 1 is 1.06 bits per heavy atom. The third-order valence-electron chi connectivity index (χ3n) is 6.36. The van der Waals surface area contributed by atoms with Crippen LogP contribution in [0.3, 0.4) is 0 Å². The van der Waals surface area contributed by atoms with Crippen LogP contribution in [0.4, 0.5) is 10.2 Å². The van der Waals surface area contributed by atoms with Gasteiger partial charge in [-0.2, -0.15) is 4.98 Å². The summed E-state index contributed by atoms with van der Waals surface area (Å²) in [6.45, 7) is 2.19. The molecule has 1 amide bonds. The van der Waals surface area contributed by atoms with E-state index in [4.69, 9.17) is 14.2 Å². The van der Waals surface area contributed by atoms with Gasteiger partial charge in [0.15, 0.2) is 0 Å². The number of carbonyl (C=O) groups is 1. The van der Waals surface area contributed by atoms with Gasteiger partial charge in [0.25, 0.3) is 5.71 Å². The lowest BCUT2D eigenvalue weighted by molar-refractivity contribution is -0.121. The van der Waals surface area contributed by atoms with E-state index in [0.29, 0.717) is 30.2 Å². The van der Waals surface area contributed by atoms with Crippen LogP contribution in [0.25, 0.3) is 22.4 Å². The molecular weight excluding hydrogens is 461 g/mol. The van der Waals surface area contributed by atoms with Gasteiger partial charge < -0.3 is 19.5 Å². The van der Waals surface area contributed by atoms with Crippen molar-refractivity contribution in [3.63, 3.8) is 0 Å². The van der Waals surface area contributed by atoms with Gasteiger partial charge in [-0.15, -0.1) is 0 Å². The van der Waals surface area contributed by atoms with E-state index in [2.05, 4.69) is 20.4 Å². The zero-order chi connectivity index (χ0) is 24.9. The number of benzene rings is 2. The molecule has 0 aliphatic carbocycles. The van der Waals surface area contributed by atoms with Gasteiger partial charge in [0.1, 0.15) is 34.3 Å². The molecule has 0 radical (unpaired) electrons. The van der Waals surface area contributed by atoms with Gasteiger partial charge in [-0.1, -0.05) is 17.3 Å². The molecular formula is C27H28FN5O3. The Morgan fingerprint density at radius 2 is 1.81 bits per heavy atom. The maximum Gasteiger partial charge on any atom is 0.263 e. The molecule has 5 rings (SSSR count). The van der Waals surface area contributed by atoms with Crippen molar-refractivity contribution < 1.29 is 18.4 Å². The number of nitrogens with one attached hydrogen (secondary N) is 1. The number of carbonyl (C=O) groups excluding carboxylic acids is 1. The zero-order valence-corrected chi connectivity index (χ0v) is 20.2. The highest BCUT2D eigenvalue weighted by Crippen LogP contribution is 2.35. The molecule has 2 aromatic heterocycles. The molecule has 8 nitrogen and oxygen atoms in total. The third-order valence-corrected chi connectivity index (χ3v) is 6.36. The van der Waals surface area contributed by atoms with Crippen molar-refractivity contribution in [1.29, 1.82) is 0 Å². The summed E-state index contributed by atoms with van der Waals surface area (Å²) in [5.41, 5.74) is 2.69. The Labute approximate surface area is 208 Å². The molecule has 1 saturated heterocycles. The number of hydrogen-bond acceptors (Lipinski definition) is 7. The first kappa shape index (κ1) is 23.7. The van der Waals surface area contributed by atoms with Crippen molar-refractivity contribution in [2.24, 2.45) is 0 Å². The van der Waals surface area contributed by atoms with Crippen LogP contribution in [0.2, 0.25) is 0 Å². The average Bonchev–Trinajstić information content (AvgIpc) is 3.35. The summed E-state index contributed by atoms with van der Waals surface area (Å²) in [5, 5.41) is 7.91. The largest absolute Gasteiger partial charge is 0.497 e. The number of fused-ring (bicyclic) bond motifs is 1. The second-order valence-electron chi connectivity index (χ2n) is 8.85. The van der Waals surface area contributed by atoms with E-state index in [1.54, 1.807) is 19.2 Å². The van der Waals surface area contributed by atoms with Gasteiger partial charge in [0.2, 0.25) is 5.91 Å². The lowest BCUT2D eigenvalue weighted by Crippen LogP contribution is -2.30. The van der Waals surface area contributed by atoms with Crippen LogP contribution in [0.15, 0.2) is 53.1 Å². The second-order valence-corrected chi connectivity index (χ2v) is 8.85. The molecule has 9 heteroatoms. The lowest BCUT2D eigenvalue weighted by Gasteiger charge is -2.28. The third kappa shape index (κ3) is 5.30.